The average molecular weight is 355 g/mol. The van der Waals surface area contributed by atoms with Crippen LogP contribution in [0.25, 0.3) is 11.0 Å². The first-order valence-corrected chi connectivity index (χ1v) is 8.27. The highest BCUT2D eigenvalue weighted by molar-refractivity contribution is 5.81. The second kappa shape index (κ2) is 6.57. The summed E-state index contributed by atoms with van der Waals surface area (Å²) in [6.45, 7) is -0.201. The first-order valence-electron chi connectivity index (χ1n) is 8.27. The molecule has 1 fully saturated rings. The van der Waals surface area contributed by atoms with Crippen LogP contribution in [-0.2, 0) is 18.4 Å². The van der Waals surface area contributed by atoms with Crippen molar-refractivity contribution in [1.29, 1.82) is 0 Å². The minimum atomic E-state index is -4.23. The van der Waals surface area contributed by atoms with Crippen molar-refractivity contribution < 1.29 is 18.0 Å². The molecule has 8 heteroatoms. The van der Waals surface area contributed by atoms with Gasteiger partial charge in [-0.15, -0.1) is 0 Å². The molecule has 5 nitrogen and oxygen atoms in total. The SMILES string of the molecule is Cn1c(=O)n(CC(=O)NC2CCCC(C(F)(F)F)C2)c2ccccc21. The first-order chi connectivity index (χ1) is 11.8. The molecule has 1 N–H and O–H groups in total. The minimum Gasteiger partial charge on any atom is -0.352 e. The zero-order valence-electron chi connectivity index (χ0n) is 13.8. The number of fused-ring (bicyclic) bond motifs is 1. The van der Waals surface area contributed by atoms with Gasteiger partial charge in [-0.05, 0) is 31.4 Å². The molecule has 0 aliphatic heterocycles. The topological polar surface area (TPSA) is 56.0 Å². The van der Waals surface area contributed by atoms with Crippen LogP contribution in [0.5, 0.6) is 0 Å². The van der Waals surface area contributed by atoms with Crippen LogP contribution in [0.4, 0.5) is 13.2 Å². The standard InChI is InChI=1S/C17H20F3N3O2/c1-22-13-7-2-3-8-14(13)23(16(22)25)10-15(24)21-12-6-4-5-11(9-12)17(18,19)20/h2-3,7-8,11-12H,4-6,9-10H2,1H3,(H,21,24). The highest BCUT2D eigenvalue weighted by Gasteiger charge is 2.42. The van der Waals surface area contributed by atoms with Gasteiger partial charge in [0.05, 0.1) is 17.0 Å². The van der Waals surface area contributed by atoms with Crippen LogP contribution in [0.2, 0.25) is 0 Å². The maximum atomic E-state index is 12.9. The Kier molecular flexibility index (Phi) is 4.62. The van der Waals surface area contributed by atoms with Crippen molar-refractivity contribution in [2.75, 3.05) is 0 Å². The van der Waals surface area contributed by atoms with Crippen LogP contribution in [0.1, 0.15) is 25.7 Å². The molecule has 0 bridgehead atoms. The third kappa shape index (κ3) is 3.57. The molecule has 0 saturated heterocycles. The summed E-state index contributed by atoms with van der Waals surface area (Å²) in [5.74, 6) is -1.81. The van der Waals surface area contributed by atoms with E-state index in [9.17, 15) is 22.8 Å². The number of imidazole rings is 1. The molecule has 2 aromatic rings. The maximum Gasteiger partial charge on any atom is 0.391 e. The van der Waals surface area contributed by atoms with Crippen LogP contribution >= 0.6 is 0 Å². The molecular formula is C17H20F3N3O2. The molecule has 2 atom stereocenters. The van der Waals surface area contributed by atoms with E-state index in [1.54, 1.807) is 31.3 Å². The Balaban J connectivity index is 1.71. The maximum absolute atomic E-state index is 12.9. The number of rotatable bonds is 3. The van der Waals surface area contributed by atoms with Crippen molar-refractivity contribution in [2.24, 2.45) is 13.0 Å². The lowest BCUT2D eigenvalue weighted by molar-refractivity contribution is -0.184. The fourth-order valence-corrected chi connectivity index (χ4v) is 3.55. The van der Waals surface area contributed by atoms with Gasteiger partial charge in [-0.2, -0.15) is 13.2 Å². The number of amides is 1. The third-order valence-corrected chi connectivity index (χ3v) is 4.86. The fourth-order valence-electron chi connectivity index (χ4n) is 3.55. The Morgan fingerprint density at radius 1 is 1.24 bits per heavy atom. The van der Waals surface area contributed by atoms with E-state index in [0.717, 1.165) is 0 Å². The molecule has 1 aromatic carbocycles. The predicted octanol–water partition coefficient (Wildman–Crippen LogP) is 2.58. The largest absolute Gasteiger partial charge is 0.391 e. The lowest BCUT2D eigenvalue weighted by atomic mass is 9.85. The molecule has 1 saturated carbocycles. The van der Waals surface area contributed by atoms with Crippen LogP contribution < -0.4 is 11.0 Å². The number of para-hydroxylation sites is 2. The van der Waals surface area contributed by atoms with E-state index in [4.69, 9.17) is 0 Å². The number of hydrogen-bond donors (Lipinski definition) is 1. The Hall–Kier alpha value is -2.25. The summed E-state index contributed by atoms with van der Waals surface area (Å²) in [6, 6.07) is 6.58. The van der Waals surface area contributed by atoms with Crippen molar-refractivity contribution >= 4 is 16.9 Å². The van der Waals surface area contributed by atoms with Gasteiger partial charge in [-0.25, -0.2) is 4.79 Å². The number of nitrogens with zero attached hydrogens (tertiary/aromatic N) is 2. The van der Waals surface area contributed by atoms with Crippen molar-refractivity contribution in [3.05, 3.63) is 34.7 Å². The molecule has 3 rings (SSSR count). The van der Waals surface area contributed by atoms with Gasteiger partial charge < -0.3 is 5.32 Å². The zero-order valence-corrected chi connectivity index (χ0v) is 13.8. The number of aryl methyl sites for hydroxylation is 1. The quantitative estimate of drug-likeness (QED) is 0.920. The smallest absolute Gasteiger partial charge is 0.352 e. The predicted molar refractivity (Wildman–Crippen MR) is 87.1 cm³/mol. The van der Waals surface area contributed by atoms with Crippen molar-refractivity contribution in [3.8, 4) is 0 Å². The zero-order chi connectivity index (χ0) is 18.2. The molecule has 1 aliphatic carbocycles. The number of hydrogen-bond acceptors (Lipinski definition) is 2. The number of nitrogens with one attached hydrogen (secondary N) is 1. The molecular weight excluding hydrogens is 335 g/mol. The summed E-state index contributed by atoms with van der Waals surface area (Å²) in [5.41, 5.74) is 1.00. The fraction of sp³-hybridized carbons (Fsp3) is 0.529. The molecule has 1 aliphatic rings. The Bertz CT molecular complexity index is 838. The summed E-state index contributed by atoms with van der Waals surface area (Å²) in [6.07, 6.45) is -3.25. The lowest BCUT2D eigenvalue weighted by Gasteiger charge is -2.31. The van der Waals surface area contributed by atoms with E-state index in [2.05, 4.69) is 5.32 Å². The number of halogens is 3. The number of alkyl halides is 3. The highest BCUT2D eigenvalue weighted by Crippen LogP contribution is 2.37. The van der Waals surface area contributed by atoms with Crippen LogP contribution in [0, 0.1) is 5.92 Å². The van der Waals surface area contributed by atoms with E-state index in [-0.39, 0.29) is 25.1 Å². The van der Waals surface area contributed by atoms with Crippen molar-refractivity contribution in [2.45, 2.75) is 44.4 Å². The average Bonchev–Trinajstić information content (AvgIpc) is 2.80. The number of carbonyl (C=O) groups is 1. The second-order valence-corrected chi connectivity index (χ2v) is 6.59. The molecule has 0 spiro atoms. The molecule has 1 aromatic heterocycles. The van der Waals surface area contributed by atoms with E-state index in [1.807, 2.05) is 0 Å². The summed E-state index contributed by atoms with van der Waals surface area (Å²) < 4.78 is 41.4. The van der Waals surface area contributed by atoms with E-state index in [0.29, 0.717) is 23.9 Å². The van der Waals surface area contributed by atoms with Gasteiger partial charge in [-0.3, -0.25) is 13.9 Å². The van der Waals surface area contributed by atoms with Gasteiger partial charge in [0.15, 0.2) is 0 Å². The van der Waals surface area contributed by atoms with Crippen LogP contribution in [0.3, 0.4) is 0 Å². The molecule has 2 unspecified atom stereocenters. The number of benzene rings is 1. The summed E-state index contributed by atoms with van der Waals surface area (Å²) in [4.78, 5) is 24.6. The lowest BCUT2D eigenvalue weighted by Crippen LogP contribution is -2.43. The second-order valence-electron chi connectivity index (χ2n) is 6.59. The van der Waals surface area contributed by atoms with Crippen LogP contribution in [0.15, 0.2) is 29.1 Å². The van der Waals surface area contributed by atoms with Crippen molar-refractivity contribution in [3.63, 3.8) is 0 Å². The minimum absolute atomic E-state index is 0.0975. The van der Waals surface area contributed by atoms with Gasteiger partial charge in [-0.1, -0.05) is 18.6 Å². The normalized spacial score (nSPS) is 21.4. The van der Waals surface area contributed by atoms with Gasteiger partial charge in [0.2, 0.25) is 5.91 Å². The van der Waals surface area contributed by atoms with Crippen LogP contribution in [-0.4, -0.2) is 27.3 Å². The number of aromatic nitrogens is 2. The van der Waals surface area contributed by atoms with E-state index in [1.165, 1.54) is 9.13 Å². The van der Waals surface area contributed by atoms with Gasteiger partial charge >= 0.3 is 11.9 Å². The Morgan fingerprint density at radius 2 is 1.92 bits per heavy atom. The molecule has 1 heterocycles. The number of carbonyl (C=O) groups excluding carboxylic acids is 1. The summed E-state index contributed by atoms with van der Waals surface area (Å²) in [7, 11) is 1.62. The summed E-state index contributed by atoms with van der Waals surface area (Å²) >= 11 is 0. The van der Waals surface area contributed by atoms with Gasteiger partial charge in [0, 0.05) is 13.1 Å². The third-order valence-electron chi connectivity index (χ3n) is 4.86. The molecule has 1 amide bonds. The monoisotopic (exact) mass is 355 g/mol. The molecule has 0 radical (unpaired) electrons. The van der Waals surface area contributed by atoms with Crippen molar-refractivity contribution in [1.82, 2.24) is 14.5 Å². The molecule has 136 valence electrons. The Labute approximate surface area is 142 Å². The van der Waals surface area contributed by atoms with E-state index >= 15 is 0 Å². The first kappa shape index (κ1) is 17.6. The highest BCUT2D eigenvalue weighted by atomic mass is 19.4. The Morgan fingerprint density at radius 3 is 2.60 bits per heavy atom. The van der Waals surface area contributed by atoms with Gasteiger partial charge in [0.25, 0.3) is 0 Å². The van der Waals surface area contributed by atoms with E-state index < -0.39 is 24.0 Å². The molecule has 25 heavy (non-hydrogen) atoms. The summed E-state index contributed by atoms with van der Waals surface area (Å²) in [5, 5.41) is 2.66. The van der Waals surface area contributed by atoms with Gasteiger partial charge in [0.1, 0.15) is 6.54 Å².